The van der Waals surface area contributed by atoms with Crippen molar-refractivity contribution in [3.05, 3.63) is 66.6 Å². The maximum Gasteiger partial charge on any atom is 0.410 e. The van der Waals surface area contributed by atoms with Gasteiger partial charge in [-0.25, -0.2) is 4.79 Å². The van der Waals surface area contributed by atoms with E-state index >= 15 is 0 Å². The Morgan fingerprint density at radius 3 is 2.50 bits per heavy atom. The zero-order chi connectivity index (χ0) is 22.1. The maximum atomic E-state index is 12.6. The molecule has 164 valence electrons. The number of fused-ring (bicyclic) bond motifs is 1. The van der Waals surface area contributed by atoms with Crippen molar-refractivity contribution in [3.63, 3.8) is 0 Å². The van der Waals surface area contributed by atoms with Crippen LogP contribution in [0.1, 0.15) is 18.6 Å². The van der Waals surface area contributed by atoms with Crippen LogP contribution in [-0.4, -0.2) is 61.8 Å². The van der Waals surface area contributed by atoms with E-state index in [9.17, 15) is 4.79 Å². The van der Waals surface area contributed by atoms with Gasteiger partial charge in [-0.1, -0.05) is 30.3 Å². The summed E-state index contributed by atoms with van der Waals surface area (Å²) in [4.78, 5) is 16.6. The van der Waals surface area contributed by atoms with Gasteiger partial charge in [-0.15, -0.1) is 9.73 Å². The molecule has 32 heavy (non-hydrogen) atoms. The average Bonchev–Trinajstić information content (AvgIpc) is 3.45. The minimum Gasteiger partial charge on any atom is -0.442 e. The molecule has 4 aromatic rings. The molecule has 0 radical (unpaired) electrons. The lowest BCUT2D eigenvalue weighted by Crippen LogP contribution is -2.49. The molecule has 1 aromatic carbocycles. The van der Waals surface area contributed by atoms with Gasteiger partial charge in [-0.05, 0) is 24.6 Å². The monoisotopic (exact) mass is 431 g/mol. The van der Waals surface area contributed by atoms with E-state index in [0.717, 1.165) is 28.0 Å². The van der Waals surface area contributed by atoms with Gasteiger partial charge in [0.15, 0.2) is 0 Å². The van der Waals surface area contributed by atoms with Gasteiger partial charge in [0.25, 0.3) is 0 Å². The Balaban J connectivity index is 1.23. The van der Waals surface area contributed by atoms with Gasteiger partial charge in [-0.3, -0.25) is 4.68 Å². The Morgan fingerprint density at radius 1 is 1.00 bits per heavy atom. The molecule has 1 fully saturated rings. The van der Waals surface area contributed by atoms with Crippen LogP contribution >= 0.6 is 0 Å². The number of nitrogens with zero attached hydrogens (tertiary/aromatic N) is 7. The standard InChI is InChI=1S/C23H25N7O2/c1-17(18-6-4-3-5-7-18)32-23(31)29-12-10-28(11-13-29)22-15-25-30-21(22)9-8-20(26-30)19-14-24-27(2)16-19/h3-9,14-17H,10-13H2,1-2H3/t17-/m1/s1. The lowest BCUT2D eigenvalue weighted by atomic mass is 10.1. The number of rotatable bonds is 4. The quantitative estimate of drug-likeness (QED) is 0.494. The third-order valence-electron chi connectivity index (χ3n) is 5.79. The van der Waals surface area contributed by atoms with Crippen molar-refractivity contribution in [2.45, 2.75) is 13.0 Å². The summed E-state index contributed by atoms with van der Waals surface area (Å²) < 4.78 is 9.07. The number of anilines is 1. The van der Waals surface area contributed by atoms with Crippen molar-refractivity contribution in [1.82, 2.24) is 29.5 Å². The number of carbonyl (C=O) groups excluding carboxylic acids is 1. The number of aryl methyl sites for hydroxylation is 1. The van der Waals surface area contributed by atoms with Crippen LogP contribution in [0.5, 0.6) is 0 Å². The van der Waals surface area contributed by atoms with Gasteiger partial charge in [0.05, 0.1) is 23.8 Å². The van der Waals surface area contributed by atoms with Crippen LogP contribution in [0.15, 0.2) is 61.1 Å². The van der Waals surface area contributed by atoms with Gasteiger partial charge in [0, 0.05) is 45.0 Å². The second-order valence-electron chi connectivity index (χ2n) is 7.94. The first-order valence-corrected chi connectivity index (χ1v) is 10.7. The van der Waals surface area contributed by atoms with E-state index in [1.54, 1.807) is 20.4 Å². The molecule has 0 aliphatic carbocycles. The molecule has 1 aliphatic rings. The summed E-state index contributed by atoms with van der Waals surface area (Å²) in [5.41, 5.74) is 4.71. The molecule has 1 saturated heterocycles. The molecular formula is C23H25N7O2. The first-order valence-electron chi connectivity index (χ1n) is 10.7. The highest BCUT2D eigenvalue weighted by Crippen LogP contribution is 2.25. The summed E-state index contributed by atoms with van der Waals surface area (Å²) in [7, 11) is 1.88. The predicted molar refractivity (Wildman–Crippen MR) is 120 cm³/mol. The van der Waals surface area contributed by atoms with Crippen molar-refractivity contribution in [3.8, 4) is 11.3 Å². The zero-order valence-electron chi connectivity index (χ0n) is 18.1. The lowest BCUT2D eigenvalue weighted by molar-refractivity contribution is 0.0681. The van der Waals surface area contributed by atoms with E-state index in [1.165, 1.54) is 0 Å². The summed E-state index contributed by atoms with van der Waals surface area (Å²) in [5, 5.41) is 13.3. The number of aromatic nitrogens is 5. The minimum atomic E-state index is -0.276. The second kappa shape index (κ2) is 8.33. The van der Waals surface area contributed by atoms with E-state index in [4.69, 9.17) is 4.74 Å². The Hall–Kier alpha value is -3.88. The lowest BCUT2D eigenvalue weighted by Gasteiger charge is -2.35. The highest BCUT2D eigenvalue weighted by atomic mass is 16.6. The fourth-order valence-corrected chi connectivity index (χ4v) is 3.96. The van der Waals surface area contributed by atoms with Gasteiger partial charge >= 0.3 is 6.09 Å². The van der Waals surface area contributed by atoms with Crippen molar-refractivity contribution in [2.24, 2.45) is 7.05 Å². The van der Waals surface area contributed by atoms with Crippen LogP contribution < -0.4 is 4.90 Å². The molecule has 1 aliphatic heterocycles. The predicted octanol–water partition coefficient (Wildman–Crippen LogP) is 3.15. The molecule has 9 nitrogen and oxygen atoms in total. The maximum absolute atomic E-state index is 12.6. The number of hydrogen-bond acceptors (Lipinski definition) is 6. The summed E-state index contributed by atoms with van der Waals surface area (Å²) in [6.07, 6.45) is 5.00. The highest BCUT2D eigenvalue weighted by molar-refractivity contribution is 5.74. The molecule has 4 heterocycles. The normalized spacial score (nSPS) is 15.2. The fourth-order valence-electron chi connectivity index (χ4n) is 3.96. The number of piperazine rings is 1. The number of amides is 1. The van der Waals surface area contributed by atoms with Crippen LogP contribution in [0, 0.1) is 0 Å². The summed E-state index contributed by atoms with van der Waals surface area (Å²) in [5.74, 6) is 0. The smallest absolute Gasteiger partial charge is 0.410 e. The number of carbonyl (C=O) groups is 1. The third-order valence-corrected chi connectivity index (χ3v) is 5.79. The molecule has 0 unspecified atom stereocenters. The Labute approximate surface area is 185 Å². The van der Waals surface area contributed by atoms with Crippen LogP contribution in [0.2, 0.25) is 0 Å². The molecular weight excluding hydrogens is 406 g/mol. The Kier molecular flexibility index (Phi) is 5.22. The minimum absolute atomic E-state index is 0.274. The van der Waals surface area contributed by atoms with Crippen molar-refractivity contribution in [2.75, 3.05) is 31.1 Å². The summed E-state index contributed by atoms with van der Waals surface area (Å²) in [6.45, 7) is 4.51. The van der Waals surface area contributed by atoms with E-state index in [1.807, 2.05) is 68.8 Å². The second-order valence-corrected chi connectivity index (χ2v) is 7.94. The van der Waals surface area contributed by atoms with E-state index < -0.39 is 0 Å². The topological polar surface area (TPSA) is 80.8 Å². The Bertz CT molecular complexity index is 1230. The SMILES string of the molecule is C[C@@H](OC(=O)N1CCN(c2cnn3nc(-c4cnn(C)c4)ccc23)CC1)c1ccccc1. The van der Waals surface area contributed by atoms with Crippen LogP contribution in [0.3, 0.4) is 0 Å². The largest absolute Gasteiger partial charge is 0.442 e. The molecule has 0 spiro atoms. The summed E-state index contributed by atoms with van der Waals surface area (Å²) >= 11 is 0. The Morgan fingerprint density at radius 2 is 1.78 bits per heavy atom. The van der Waals surface area contributed by atoms with E-state index in [-0.39, 0.29) is 12.2 Å². The molecule has 1 amide bonds. The van der Waals surface area contributed by atoms with Gasteiger partial charge < -0.3 is 14.5 Å². The van der Waals surface area contributed by atoms with Crippen LogP contribution in [0.25, 0.3) is 16.8 Å². The van der Waals surface area contributed by atoms with E-state index in [0.29, 0.717) is 26.2 Å². The van der Waals surface area contributed by atoms with Crippen molar-refractivity contribution in [1.29, 1.82) is 0 Å². The van der Waals surface area contributed by atoms with E-state index in [2.05, 4.69) is 20.2 Å². The van der Waals surface area contributed by atoms with Gasteiger partial charge in [0.1, 0.15) is 11.6 Å². The van der Waals surface area contributed by atoms with Crippen molar-refractivity contribution < 1.29 is 9.53 Å². The number of benzene rings is 1. The highest BCUT2D eigenvalue weighted by Gasteiger charge is 2.25. The molecule has 0 saturated carbocycles. The van der Waals surface area contributed by atoms with Crippen LogP contribution in [-0.2, 0) is 11.8 Å². The molecule has 0 N–H and O–H groups in total. The molecule has 9 heteroatoms. The molecule has 1 atom stereocenters. The fraction of sp³-hybridized carbons (Fsp3) is 0.304. The molecule has 3 aromatic heterocycles. The van der Waals surface area contributed by atoms with Gasteiger partial charge in [-0.2, -0.15) is 10.2 Å². The molecule has 5 rings (SSSR count). The number of ether oxygens (including phenoxy) is 1. The molecule has 0 bridgehead atoms. The third kappa shape index (κ3) is 3.89. The van der Waals surface area contributed by atoms with Gasteiger partial charge in [0.2, 0.25) is 0 Å². The number of hydrogen-bond donors (Lipinski definition) is 0. The summed E-state index contributed by atoms with van der Waals surface area (Å²) in [6, 6.07) is 13.8. The zero-order valence-corrected chi connectivity index (χ0v) is 18.1. The first kappa shape index (κ1) is 20.0. The average molecular weight is 432 g/mol. The van der Waals surface area contributed by atoms with Crippen molar-refractivity contribution >= 4 is 17.3 Å². The van der Waals surface area contributed by atoms with Crippen LogP contribution in [0.4, 0.5) is 10.5 Å². The first-order chi connectivity index (χ1) is 15.6.